The summed E-state index contributed by atoms with van der Waals surface area (Å²) in [6.45, 7) is -0.376. The van der Waals surface area contributed by atoms with Gasteiger partial charge >= 0.3 is 12.0 Å². The Balaban J connectivity index is 1.88. The van der Waals surface area contributed by atoms with Crippen molar-refractivity contribution in [3.8, 4) is 17.2 Å². The molecule has 0 saturated heterocycles. The van der Waals surface area contributed by atoms with Gasteiger partial charge in [-0.15, -0.1) is 0 Å². The maximum atomic E-state index is 12.2. The molecule has 0 bridgehead atoms. The number of hydrogen-bond acceptors (Lipinski definition) is 7. The third-order valence-electron chi connectivity index (χ3n) is 3.78. The topological polar surface area (TPSA) is 112 Å². The van der Waals surface area contributed by atoms with Gasteiger partial charge in [0, 0.05) is 6.54 Å². The first-order chi connectivity index (χ1) is 14.0. The van der Waals surface area contributed by atoms with E-state index in [1.165, 1.54) is 33.5 Å². The van der Waals surface area contributed by atoms with Crippen LogP contribution >= 0.6 is 0 Å². The van der Waals surface area contributed by atoms with Crippen molar-refractivity contribution in [3.63, 3.8) is 0 Å². The molecule has 0 radical (unpaired) electrons. The van der Waals surface area contributed by atoms with Gasteiger partial charge in [-0.25, -0.2) is 9.59 Å². The van der Waals surface area contributed by atoms with Crippen LogP contribution in [0.3, 0.4) is 0 Å². The van der Waals surface area contributed by atoms with Gasteiger partial charge in [0.05, 0.1) is 26.9 Å². The maximum Gasteiger partial charge on any atom is 0.338 e. The van der Waals surface area contributed by atoms with Crippen LogP contribution in [-0.4, -0.2) is 45.8 Å². The molecule has 0 aromatic heterocycles. The van der Waals surface area contributed by atoms with E-state index >= 15 is 0 Å². The van der Waals surface area contributed by atoms with Crippen molar-refractivity contribution < 1.29 is 33.3 Å². The highest BCUT2D eigenvalue weighted by Crippen LogP contribution is 2.38. The lowest BCUT2D eigenvalue weighted by Crippen LogP contribution is -2.41. The molecule has 29 heavy (non-hydrogen) atoms. The molecule has 3 amide bonds. The summed E-state index contributed by atoms with van der Waals surface area (Å²) < 4.78 is 20.5. The standard InChI is InChI=1S/C20H22N2O7/c1-26-15-9-14(10-16(27-2)18(15)28-3)19(24)29-12-17(23)22-20(25)21-11-13-7-5-4-6-8-13/h4-10H,11-12H2,1-3H3,(H2,21,22,23,25). The molecule has 9 heteroatoms. The fourth-order valence-electron chi connectivity index (χ4n) is 2.40. The van der Waals surface area contributed by atoms with Crippen LogP contribution in [0, 0.1) is 0 Å². The summed E-state index contributed by atoms with van der Waals surface area (Å²) in [6, 6.07) is 11.3. The number of nitrogens with one attached hydrogen (secondary N) is 2. The summed E-state index contributed by atoms with van der Waals surface area (Å²) in [4.78, 5) is 35.8. The lowest BCUT2D eigenvalue weighted by atomic mass is 10.2. The Morgan fingerprint density at radius 2 is 1.52 bits per heavy atom. The Labute approximate surface area is 167 Å². The van der Waals surface area contributed by atoms with E-state index in [4.69, 9.17) is 18.9 Å². The lowest BCUT2D eigenvalue weighted by Gasteiger charge is -2.13. The van der Waals surface area contributed by atoms with Crippen LogP contribution in [0.4, 0.5) is 4.79 Å². The van der Waals surface area contributed by atoms with Gasteiger partial charge in [-0.2, -0.15) is 0 Å². The molecule has 154 valence electrons. The predicted octanol–water partition coefficient (Wildman–Crippen LogP) is 1.90. The van der Waals surface area contributed by atoms with Crippen molar-refractivity contribution in [1.82, 2.24) is 10.6 Å². The minimum atomic E-state index is -0.788. The van der Waals surface area contributed by atoms with Gasteiger partial charge in [-0.1, -0.05) is 30.3 Å². The SMILES string of the molecule is COc1cc(C(=O)OCC(=O)NC(=O)NCc2ccccc2)cc(OC)c1OC. The number of esters is 1. The molecule has 2 N–H and O–H groups in total. The van der Waals surface area contributed by atoms with E-state index in [1.54, 1.807) is 0 Å². The zero-order valence-electron chi connectivity index (χ0n) is 16.3. The van der Waals surface area contributed by atoms with Gasteiger partial charge in [-0.05, 0) is 17.7 Å². The third kappa shape index (κ3) is 6.13. The summed E-state index contributed by atoms with van der Waals surface area (Å²) in [5.41, 5.74) is 0.977. The summed E-state index contributed by atoms with van der Waals surface area (Å²) >= 11 is 0. The van der Waals surface area contributed by atoms with Crippen LogP contribution in [0.5, 0.6) is 17.2 Å². The van der Waals surface area contributed by atoms with Crippen molar-refractivity contribution in [3.05, 3.63) is 53.6 Å². The number of hydrogen-bond donors (Lipinski definition) is 2. The van der Waals surface area contributed by atoms with E-state index in [0.29, 0.717) is 5.75 Å². The highest BCUT2D eigenvalue weighted by atomic mass is 16.5. The first-order valence-electron chi connectivity index (χ1n) is 8.57. The van der Waals surface area contributed by atoms with Crippen molar-refractivity contribution in [2.75, 3.05) is 27.9 Å². The van der Waals surface area contributed by atoms with Crippen LogP contribution in [0.25, 0.3) is 0 Å². The number of carbonyl (C=O) groups is 3. The molecule has 0 saturated carbocycles. The minimum Gasteiger partial charge on any atom is -0.493 e. The molecule has 2 rings (SSSR count). The van der Waals surface area contributed by atoms with Crippen molar-refractivity contribution in [2.24, 2.45) is 0 Å². The van der Waals surface area contributed by atoms with Crippen LogP contribution in [0.15, 0.2) is 42.5 Å². The first-order valence-corrected chi connectivity index (χ1v) is 8.57. The monoisotopic (exact) mass is 402 g/mol. The smallest absolute Gasteiger partial charge is 0.338 e. The molecule has 0 aliphatic heterocycles. The fraction of sp³-hybridized carbons (Fsp3) is 0.250. The lowest BCUT2D eigenvalue weighted by molar-refractivity contribution is -0.123. The molecular weight excluding hydrogens is 380 g/mol. The summed E-state index contributed by atoms with van der Waals surface area (Å²) in [6.07, 6.45) is 0. The highest BCUT2D eigenvalue weighted by Gasteiger charge is 2.19. The van der Waals surface area contributed by atoms with Gasteiger partial charge in [0.25, 0.3) is 5.91 Å². The van der Waals surface area contributed by atoms with E-state index in [0.717, 1.165) is 5.56 Å². The van der Waals surface area contributed by atoms with Crippen LogP contribution in [0.1, 0.15) is 15.9 Å². The van der Waals surface area contributed by atoms with Crippen LogP contribution in [-0.2, 0) is 16.1 Å². The van der Waals surface area contributed by atoms with Gasteiger partial charge < -0.3 is 24.3 Å². The Kier molecular flexibility index (Phi) is 7.84. The molecule has 0 spiro atoms. The number of rotatable bonds is 8. The zero-order chi connectivity index (χ0) is 21.2. The first kappa shape index (κ1) is 21.5. The summed E-state index contributed by atoms with van der Waals surface area (Å²) in [5.74, 6) is -0.702. The molecule has 0 fully saturated rings. The Bertz CT molecular complexity index is 843. The maximum absolute atomic E-state index is 12.2. The molecular formula is C20H22N2O7. The Morgan fingerprint density at radius 3 is 2.07 bits per heavy atom. The molecule has 2 aromatic carbocycles. The Hall–Kier alpha value is -3.75. The number of urea groups is 1. The van der Waals surface area contributed by atoms with E-state index in [9.17, 15) is 14.4 Å². The van der Waals surface area contributed by atoms with Crippen molar-refractivity contribution in [2.45, 2.75) is 6.54 Å². The van der Waals surface area contributed by atoms with Gasteiger partial charge in [0.1, 0.15) is 0 Å². The van der Waals surface area contributed by atoms with E-state index < -0.39 is 24.5 Å². The molecule has 0 unspecified atom stereocenters. The van der Waals surface area contributed by atoms with Crippen molar-refractivity contribution >= 4 is 17.9 Å². The summed E-state index contributed by atoms with van der Waals surface area (Å²) in [5, 5.41) is 4.62. The second-order valence-electron chi connectivity index (χ2n) is 5.71. The number of amides is 3. The highest BCUT2D eigenvalue weighted by molar-refractivity contribution is 5.97. The quantitative estimate of drug-likeness (QED) is 0.649. The van der Waals surface area contributed by atoms with Gasteiger partial charge in [0.15, 0.2) is 18.1 Å². The second kappa shape index (κ2) is 10.5. The van der Waals surface area contributed by atoms with Crippen LogP contribution in [0.2, 0.25) is 0 Å². The predicted molar refractivity (Wildman–Crippen MR) is 103 cm³/mol. The number of carbonyl (C=O) groups excluding carboxylic acids is 3. The fourth-order valence-corrected chi connectivity index (χ4v) is 2.40. The summed E-state index contributed by atoms with van der Waals surface area (Å²) in [7, 11) is 4.26. The molecule has 9 nitrogen and oxygen atoms in total. The van der Waals surface area contributed by atoms with Crippen molar-refractivity contribution in [1.29, 1.82) is 0 Å². The average molecular weight is 402 g/mol. The van der Waals surface area contributed by atoms with Gasteiger partial charge in [0.2, 0.25) is 5.75 Å². The molecule has 2 aromatic rings. The molecule has 0 atom stereocenters. The van der Waals surface area contributed by atoms with Gasteiger partial charge in [-0.3, -0.25) is 10.1 Å². The number of ether oxygens (including phenoxy) is 4. The minimum absolute atomic E-state index is 0.0980. The zero-order valence-corrected chi connectivity index (χ0v) is 16.3. The number of methoxy groups -OCH3 is 3. The van der Waals surface area contributed by atoms with E-state index in [2.05, 4.69) is 10.6 Å². The molecule has 0 heterocycles. The largest absolute Gasteiger partial charge is 0.493 e. The average Bonchev–Trinajstić information content (AvgIpc) is 2.75. The molecule has 0 aliphatic rings. The normalized spacial score (nSPS) is 9.90. The third-order valence-corrected chi connectivity index (χ3v) is 3.78. The Morgan fingerprint density at radius 1 is 0.897 bits per heavy atom. The van der Waals surface area contributed by atoms with E-state index in [1.807, 2.05) is 30.3 Å². The number of benzene rings is 2. The second-order valence-corrected chi connectivity index (χ2v) is 5.71. The van der Waals surface area contributed by atoms with E-state index in [-0.39, 0.29) is 23.6 Å². The molecule has 0 aliphatic carbocycles. The van der Waals surface area contributed by atoms with Crippen LogP contribution < -0.4 is 24.8 Å². The number of imide groups is 1.